The zero-order valence-corrected chi connectivity index (χ0v) is 15.9. The molecule has 0 aliphatic heterocycles. The molecule has 0 saturated heterocycles. The zero-order chi connectivity index (χ0) is 21.4. The van der Waals surface area contributed by atoms with Crippen LogP contribution in [0.15, 0.2) is 36.4 Å². The molecule has 0 aliphatic rings. The fraction of sp³-hybridized carbons (Fsp3) is 0.350. The molecule has 0 aliphatic carbocycles. The smallest absolute Gasteiger partial charge is 0.416 e. The number of nitrogens with one attached hydrogen (secondary N) is 1. The van der Waals surface area contributed by atoms with Crippen molar-refractivity contribution in [3.8, 4) is 11.5 Å². The highest BCUT2D eigenvalue weighted by atomic mass is 19.4. The van der Waals surface area contributed by atoms with Gasteiger partial charge in [-0.25, -0.2) is 4.39 Å². The fourth-order valence-electron chi connectivity index (χ4n) is 2.50. The molecule has 5 nitrogen and oxygen atoms in total. The van der Waals surface area contributed by atoms with Crippen LogP contribution < -0.4 is 14.8 Å². The largest absolute Gasteiger partial charge is 0.494 e. The summed E-state index contributed by atoms with van der Waals surface area (Å²) >= 11 is 0. The molecule has 0 saturated carbocycles. The van der Waals surface area contributed by atoms with Crippen molar-refractivity contribution < 1.29 is 36.6 Å². The van der Waals surface area contributed by atoms with Gasteiger partial charge in [-0.3, -0.25) is 4.79 Å². The lowest BCUT2D eigenvalue weighted by atomic mass is 10.1. The van der Waals surface area contributed by atoms with Crippen molar-refractivity contribution in [3.05, 3.63) is 53.3 Å². The predicted octanol–water partition coefficient (Wildman–Crippen LogP) is 4.45. The number of benzene rings is 2. The van der Waals surface area contributed by atoms with Crippen LogP contribution in [0.3, 0.4) is 0 Å². The van der Waals surface area contributed by atoms with Gasteiger partial charge in [-0.15, -0.1) is 0 Å². The molecule has 1 N–H and O–H groups in total. The van der Waals surface area contributed by atoms with E-state index in [2.05, 4.69) is 5.32 Å². The third-order valence-corrected chi connectivity index (χ3v) is 3.98. The Hall–Kier alpha value is -2.81. The second kappa shape index (κ2) is 10.1. The minimum Gasteiger partial charge on any atom is -0.494 e. The van der Waals surface area contributed by atoms with Gasteiger partial charge in [-0.2, -0.15) is 13.2 Å². The summed E-state index contributed by atoms with van der Waals surface area (Å²) < 4.78 is 67.8. The summed E-state index contributed by atoms with van der Waals surface area (Å²) in [4.78, 5) is 12.2. The number of aryl methyl sites for hydroxylation is 1. The van der Waals surface area contributed by atoms with E-state index in [0.29, 0.717) is 5.56 Å². The summed E-state index contributed by atoms with van der Waals surface area (Å²) in [6.07, 6.45) is -4.42. The first-order valence-corrected chi connectivity index (χ1v) is 8.70. The minimum atomic E-state index is -4.56. The molecule has 0 fully saturated rings. The van der Waals surface area contributed by atoms with E-state index in [0.717, 1.165) is 18.2 Å². The Labute approximate surface area is 165 Å². The first-order valence-electron chi connectivity index (χ1n) is 8.70. The first kappa shape index (κ1) is 22.5. The van der Waals surface area contributed by atoms with Crippen molar-refractivity contribution in [1.82, 2.24) is 0 Å². The number of ether oxygens (including phenoxy) is 3. The Bertz CT molecular complexity index is 840. The molecule has 2 rings (SSSR count). The molecular formula is C20H21F4NO4. The van der Waals surface area contributed by atoms with Crippen molar-refractivity contribution in [1.29, 1.82) is 0 Å². The van der Waals surface area contributed by atoms with Crippen molar-refractivity contribution in [2.45, 2.75) is 19.0 Å². The van der Waals surface area contributed by atoms with Crippen LogP contribution in [0.2, 0.25) is 0 Å². The number of hydrogen-bond donors (Lipinski definition) is 1. The number of carbonyl (C=O) groups is 1. The van der Waals surface area contributed by atoms with Crippen LogP contribution in [0.4, 0.5) is 23.2 Å². The molecule has 29 heavy (non-hydrogen) atoms. The van der Waals surface area contributed by atoms with E-state index >= 15 is 0 Å². The number of carbonyl (C=O) groups excluding carboxylic acids is 1. The number of alkyl halides is 3. The van der Waals surface area contributed by atoms with Gasteiger partial charge in [0.05, 0.1) is 25.0 Å². The molecular weight excluding hydrogens is 394 g/mol. The van der Waals surface area contributed by atoms with Crippen LogP contribution in [-0.4, -0.2) is 33.3 Å². The monoisotopic (exact) mass is 415 g/mol. The molecule has 158 valence electrons. The molecule has 0 aromatic heterocycles. The number of amides is 1. The van der Waals surface area contributed by atoms with E-state index in [1.165, 1.54) is 26.4 Å². The van der Waals surface area contributed by atoms with E-state index < -0.39 is 23.5 Å². The maximum Gasteiger partial charge on any atom is 0.416 e. The van der Waals surface area contributed by atoms with Crippen LogP contribution in [0.1, 0.15) is 17.5 Å². The molecule has 2 aromatic rings. The van der Waals surface area contributed by atoms with E-state index in [1.54, 1.807) is 6.07 Å². The number of anilines is 1. The second-order valence-electron chi connectivity index (χ2n) is 6.07. The first-order chi connectivity index (χ1) is 13.7. The fourth-order valence-corrected chi connectivity index (χ4v) is 2.50. The van der Waals surface area contributed by atoms with Gasteiger partial charge in [0.2, 0.25) is 5.91 Å². The topological polar surface area (TPSA) is 56.8 Å². The van der Waals surface area contributed by atoms with Crippen LogP contribution in [-0.2, 0) is 22.1 Å². The predicted molar refractivity (Wildman–Crippen MR) is 98.7 cm³/mol. The maximum atomic E-state index is 13.7. The summed E-state index contributed by atoms with van der Waals surface area (Å²) in [6.45, 7) is 0.341. The van der Waals surface area contributed by atoms with Gasteiger partial charge >= 0.3 is 6.18 Å². The van der Waals surface area contributed by atoms with Crippen LogP contribution in [0.25, 0.3) is 0 Å². The van der Waals surface area contributed by atoms with Gasteiger partial charge in [0.1, 0.15) is 12.4 Å². The minimum absolute atomic E-state index is 0.0560. The molecule has 1 amide bonds. The molecule has 0 spiro atoms. The summed E-state index contributed by atoms with van der Waals surface area (Å²) in [5.74, 6) is -0.909. The molecule has 0 heterocycles. The Morgan fingerprint density at radius 2 is 1.76 bits per heavy atom. The Balaban J connectivity index is 2.09. The van der Waals surface area contributed by atoms with Gasteiger partial charge in [0.15, 0.2) is 11.6 Å². The van der Waals surface area contributed by atoms with Crippen molar-refractivity contribution in [2.75, 3.05) is 32.8 Å². The summed E-state index contributed by atoms with van der Waals surface area (Å²) in [7, 11) is 2.80. The lowest BCUT2D eigenvalue weighted by Gasteiger charge is -2.15. The summed E-state index contributed by atoms with van der Waals surface area (Å²) in [5.41, 5.74) is -0.454. The van der Waals surface area contributed by atoms with Crippen molar-refractivity contribution in [2.24, 2.45) is 0 Å². The molecule has 9 heteroatoms. The zero-order valence-electron chi connectivity index (χ0n) is 15.9. The van der Waals surface area contributed by atoms with E-state index in [9.17, 15) is 22.4 Å². The number of hydrogen-bond acceptors (Lipinski definition) is 4. The van der Waals surface area contributed by atoms with Crippen LogP contribution in [0, 0.1) is 5.82 Å². The lowest BCUT2D eigenvalue weighted by Crippen LogP contribution is -2.15. The standard InChI is InChI=1S/C20H21F4NO4/c1-27-9-10-29-18-7-5-14(20(22,23)24)12-16(18)25-19(26)8-4-13-3-6-17(28-2)15(21)11-13/h3,5-7,11-12H,4,8-10H2,1-2H3,(H,25,26). The normalized spacial score (nSPS) is 11.2. The molecule has 0 bridgehead atoms. The maximum absolute atomic E-state index is 13.7. The third kappa shape index (κ3) is 6.63. The van der Waals surface area contributed by atoms with Gasteiger partial charge in [-0.1, -0.05) is 6.07 Å². The number of methoxy groups -OCH3 is 2. The molecule has 0 unspecified atom stereocenters. The van der Waals surface area contributed by atoms with Crippen molar-refractivity contribution >= 4 is 11.6 Å². The quantitative estimate of drug-likeness (QED) is 0.486. The van der Waals surface area contributed by atoms with Crippen LogP contribution in [0.5, 0.6) is 11.5 Å². The summed E-state index contributed by atoms with van der Waals surface area (Å²) in [5, 5.41) is 2.43. The van der Waals surface area contributed by atoms with Crippen molar-refractivity contribution in [3.63, 3.8) is 0 Å². The highest BCUT2D eigenvalue weighted by Gasteiger charge is 2.31. The average molecular weight is 415 g/mol. The van der Waals surface area contributed by atoms with Crippen LogP contribution >= 0.6 is 0 Å². The van der Waals surface area contributed by atoms with E-state index in [4.69, 9.17) is 14.2 Å². The Kier molecular flexibility index (Phi) is 7.83. The number of rotatable bonds is 9. The van der Waals surface area contributed by atoms with E-state index in [1.807, 2.05) is 0 Å². The average Bonchev–Trinajstić information content (AvgIpc) is 2.67. The van der Waals surface area contributed by atoms with E-state index in [-0.39, 0.29) is 43.2 Å². The van der Waals surface area contributed by atoms with Gasteiger partial charge in [0, 0.05) is 13.5 Å². The summed E-state index contributed by atoms with van der Waals surface area (Å²) in [6, 6.07) is 7.13. The molecule has 0 atom stereocenters. The van der Waals surface area contributed by atoms with Gasteiger partial charge in [0.25, 0.3) is 0 Å². The Morgan fingerprint density at radius 1 is 1.03 bits per heavy atom. The van der Waals surface area contributed by atoms with Gasteiger partial charge in [-0.05, 0) is 42.3 Å². The Morgan fingerprint density at radius 3 is 2.38 bits per heavy atom. The highest BCUT2D eigenvalue weighted by molar-refractivity contribution is 5.92. The highest BCUT2D eigenvalue weighted by Crippen LogP contribution is 2.35. The molecule has 2 aromatic carbocycles. The lowest BCUT2D eigenvalue weighted by molar-refractivity contribution is -0.137. The van der Waals surface area contributed by atoms with Gasteiger partial charge < -0.3 is 19.5 Å². The third-order valence-electron chi connectivity index (χ3n) is 3.98. The number of halogens is 4. The SMILES string of the molecule is COCCOc1ccc(C(F)(F)F)cc1NC(=O)CCc1ccc(OC)c(F)c1. The molecule has 0 radical (unpaired) electrons. The second-order valence-corrected chi connectivity index (χ2v) is 6.07.